The highest BCUT2D eigenvalue weighted by Crippen LogP contribution is 2.19. The van der Waals surface area contributed by atoms with Crippen LogP contribution in [0.5, 0.6) is 5.75 Å². The quantitative estimate of drug-likeness (QED) is 0.518. The molecule has 0 spiro atoms. The van der Waals surface area contributed by atoms with Gasteiger partial charge in [0.15, 0.2) is 0 Å². The summed E-state index contributed by atoms with van der Waals surface area (Å²) in [4.78, 5) is 13.4. The second kappa shape index (κ2) is 9.40. The minimum absolute atomic E-state index is 0.153. The van der Waals surface area contributed by atoms with Crippen LogP contribution in [0, 0.1) is 13.8 Å². The van der Waals surface area contributed by atoms with E-state index in [1.807, 2.05) is 0 Å². The van der Waals surface area contributed by atoms with Gasteiger partial charge in [-0.2, -0.15) is 0 Å². The first kappa shape index (κ1) is 17.5. The molecular weight excluding hydrogens is 266 g/mol. The van der Waals surface area contributed by atoms with Gasteiger partial charge in [-0.25, -0.2) is 0 Å². The van der Waals surface area contributed by atoms with Crippen molar-refractivity contribution in [1.82, 2.24) is 4.90 Å². The number of carbonyl (C=O) groups is 1. The maximum absolute atomic E-state index is 11.1. The van der Waals surface area contributed by atoms with Gasteiger partial charge in [-0.05, 0) is 44.0 Å². The number of aryl methyl sites for hydroxylation is 2. The number of ether oxygens (including phenoxy) is 2. The zero-order valence-electron chi connectivity index (χ0n) is 13.6. The van der Waals surface area contributed by atoms with Crippen LogP contribution in [0.1, 0.15) is 30.9 Å². The number of methoxy groups -OCH3 is 1. The Morgan fingerprint density at radius 3 is 2.67 bits per heavy atom. The first-order chi connectivity index (χ1) is 10.1. The summed E-state index contributed by atoms with van der Waals surface area (Å²) in [6.07, 6.45) is 1.39. The zero-order chi connectivity index (χ0) is 15.7. The summed E-state index contributed by atoms with van der Waals surface area (Å²) < 4.78 is 10.5. The molecule has 0 radical (unpaired) electrons. The van der Waals surface area contributed by atoms with Crippen LogP contribution in [-0.2, 0) is 9.53 Å². The largest absolute Gasteiger partial charge is 0.493 e. The lowest BCUT2D eigenvalue weighted by atomic mass is 10.1. The molecule has 0 aliphatic rings. The minimum Gasteiger partial charge on any atom is -0.493 e. The van der Waals surface area contributed by atoms with Crippen molar-refractivity contribution in [3.8, 4) is 5.75 Å². The van der Waals surface area contributed by atoms with Crippen LogP contribution in [0.4, 0.5) is 0 Å². The lowest BCUT2D eigenvalue weighted by Crippen LogP contribution is -2.28. The van der Waals surface area contributed by atoms with Crippen LogP contribution in [0.25, 0.3) is 0 Å². The molecule has 0 unspecified atom stereocenters. The van der Waals surface area contributed by atoms with E-state index in [0.717, 1.165) is 31.8 Å². The van der Waals surface area contributed by atoms with Gasteiger partial charge in [-0.3, -0.25) is 4.79 Å². The average Bonchev–Trinajstić information content (AvgIpc) is 2.49. The van der Waals surface area contributed by atoms with E-state index in [2.05, 4.69) is 48.6 Å². The van der Waals surface area contributed by atoms with Crippen molar-refractivity contribution in [2.45, 2.75) is 33.6 Å². The summed E-state index contributed by atoms with van der Waals surface area (Å²) in [6, 6.07) is 6.25. The first-order valence-electron chi connectivity index (χ1n) is 7.56. The number of carbonyl (C=O) groups excluding carboxylic acids is 1. The monoisotopic (exact) mass is 293 g/mol. The normalized spacial score (nSPS) is 10.7. The van der Waals surface area contributed by atoms with E-state index in [1.54, 1.807) is 0 Å². The zero-order valence-corrected chi connectivity index (χ0v) is 13.6. The Kier molecular flexibility index (Phi) is 7.83. The summed E-state index contributed by atoms with van der Waals surface area (Å²) in [5, 5.41) is 0. The van der Waals surface area contributed by atoms with E-state index in [-0.39, 0.29) is 5.97 Å². The third-order valence-corrected chi connectivity index (χ3v) is 3.53. The highest BCUT2D eigenvalue weighted by Gasteiger charge is 2.07. The molecule has 21 heavy (non-hydrogen) atoms. The number of esters is 1. The average molecular weight is 293 g/mol. The Morgan fingerprint density at radius 2 is 2.00 bits per heavy atom. The third kappa shape index (κ3) is 6.63. The highest BCUT2D eigenvalue weighted by molar-refractivity contribution is 5.69. The van der Waals surface area contributed by atoms with Crippen LogP contribution in [0.2, 0.25) is 0 Å². The molecule has 0 bridgehead atoms. The smallest absolute Gasteiger partial charge is 0.306 e. The van der Waals surface area contributed by atoms with E-state index in [1.165, 1.54) is 18.2 Å². The first-order valence-corrected chi connectivity index (χ1v) is 7.56. The SMILES string of the molecule is CCN(CCCOc1cc(C)ccc1C)CCC(=O)OC. The van der Waals surface area contributed by atoms with Gasteiger partial charge in [-0.15, -0.1) is 0 Å². The van der Waals surface area contributed by atoms with Crippen LogP contribution in [-0.4, -0.2) is 44.2 Å². The van der Waals surface area contributed by atoms with Gasteiger partial charge in [0, 0.05) is 13.1 Å². The molecule has 1 rings (SSSR count). The summed E-state index contributed by atoms with van der Waals surface area (Å²) in [6.45, 7) is 9.52. The van der Waals surface area contributed by atoms with Crippen molar-refractivity contribution in [2.24, 2.45) is 0 Å². The Labute approximate surface area is 128 Å². The molecule has 0 aromatic heterocycles. The number of hydrogen-bond donors (Lipinski definition) is 0. The number of benzene rings is 1. The molecule has 0 N–H and O–H groups in total. The summed E-state index contributed by atoms with van der Waals surface area (Å²) >= 11 is 0. The van der Waals surface area contributed by atoms with Crippen molar-refractivity contribution in [3.63, 3.8) is 0 Å². The Balaban J connectivity index is 2.28. The topological polar surface area (TPSA) is 38.8 Å². The minimum atomic E-state index is -0.153. The van der Waals surface area contributed by atoms with Gasteiger partial charge in [-0.1, -0.05) is 19.1 Å². The summed E-state index contributed by atoms with van der Waals surface area (Å²) in [5.74, 6) is 0.813. The molecule has 1 aromatic rings. The van der Waals surface area contributed by atoms with E-state index in [0.29, 0.717) is 13.0 Å². The van der Waals surface area contributed by atoms with Gasteiger partial charge in [0.05, 0.1) is 20.1 Å². The molecule has 0 fully saturated rings. The molecule has 0 amide bonds. The standard InChI is InChI=1S/C17H27NO3/c1-5-18(11-9-17(19)20-4)10-6-12-21-16-13-14(2)7-8-15(16)3/h7-8,13H,5-6,9-12H2,1-4H3. The fourth-order valence-electron chi connectivity index (χ4n) is 2.11. The van der Waals surface area contributed by atoms with Gasteiger partial charge in [0.1, 0.15) is 5.75 Å². The Morgan fingerprint density at radius 1 is 1.24 bits per heavy atom. The summed E-state index contributed by atoms with van der Waals surface area (Å²) in [7, 11) is 1.43. The molecule has 118 valence electrons. The molecule has 4 heteroatoms. The van der Waals surface area contributed by atoms with Crippen LogP contribution >= 0.6 is 0 Å². The lowest BCUT2D eigenvalue weighted by Gasteiger charge is -2.19. The van der Waals surface area contributed by atoms with Gasteiger partial charge >= 0.3 is 5.97 Å². The third-order valence-electron chi connectivity index (χ3n) is 3.53. The van der Waals surface area contributed by atoms with Crippen molar-refractivity contribution < 1.29 is 14.3 Å². The second-order valence-electron chi connectivity index (χ2n) is 5.23. The number of nitrogens with zero attached hydrogens (tertiary/aromatic N) is 1. The van der Waals surface area contributed by atoms with Crippen molar-refractivity contribution in [3.05, 3.63) is 29.3 Å². The summed E-state index contributed by atoms with van der Waals surface area (Å²) in [5.41, 5.74) is 2.38. The molecule has 0 atom stereocenters. The van der Waals surface area contributed by atoms with E-state index in [4.69, 9.17) is 4.74 Å². The molecular formula is C17H27NO3. The predicted molar refractivity (Wildman–Crippen MR) is 84.8 cm³/mol. The molecule has 0 saturated carbocycles. The van der Waals surface area contributed by atoms with E-state index < -0.39 is 0 Å². The van der Waals surface area contributed by atoms with Crippen molar-refractivity contribution in [2.75, 3.05) is 33.4 Å². The van der Waals surface area contributed by atoms with Gasteiger partial charge < -0.3 is 14.4 Å². The Hall–Kier alpha value is -1.55. The molecule has 0 aliphatic carbocycles. The van der Waals surface area contributed by atoms with Crippen molar-refractivity contribution in [1.29, 1.82) is 0 Å². The van der Waals surface area contributed by atoms with Crippen LogP contribution in [0.15, 0.2) is 18.2 Å². The molecule has 0 heterocycles. The van der Waals surface area contributed by atoms with Crippen LogP contribution < -0.4 is 4.74 Å². The molecule has 0 aliphatic heterocycles. The van der Waals surface area contributed by atoms with Gasteiger partial charge in [0.2, 0.25) is 0 Å². The maximum Gasteiger partial charge on any atom is 0.306 e. The number of rotatable bonds is 9. The molecule has 0 saturated heterocycles. The van der Waals surface area contributed by atoms with E-state index >= 15 is 0 Å². The molecule has 4 nitrogen and oxygen atoms in total. The molecule has 1 aromatic carbocycles. The number of hydrogen-bond acceptors (Lipinski definition) is 4. The van der Waals surface area contributed by atoms with E-state index in [9.17, 15) is 4.79 Å². The highest BCUT2D eigenvalue weighted by atomic mass is 16.5. The van der Waals surface area contributed by atoms with Crippen LogP contribution in [0.3, 0.4) is 0 Å². The van der Waals surface area contributed by atoms with Crippen molar-refractivity contribution >= 4 is 5.97 Å². The Bertz CT molecular complexity index is 446. The second-order valence-corrected chi connectivity index (χ2v) is 5.23. The maximum atomic E-state index is 11.1. The lowest BCUT2D eigenvalue weighted by molar-refractivity contribution is -0.140. The fraction of sp³-hybridized carbons (Fsp3) is 0.588. The predicted octanol–water partition coefficient (Wildman–Crippen LogP) is 2.96. The fourth-order valence-corrected chi connectivity index (χ4v) is 2.11. The van der Waals surface area contributed by atoms with Gasteiger partial charge in [0.25, 0.3) is 0 Å².